The van der Waals surface area contributed by atoms with Crippen LogP contribution in [0.25, 0.3) is 10.9 Å². The maximum absolute atomic E-state index is 15.3. The predicted molar refractivity (Wildman–Crippen MR) is 145 cm³/mol. The molecule has 4 heterocycles. The summed E-state index contributed by atoms with van der Waals surface area (Å²) >= 11 is 0. The fourth-order valence-corrected chi connectivity index (χ4v) is 4.37. The van der Waals surface area contributed by atoms with E-state index in [1.807, 2.05) is 26.0 Å². The van der Waals surface area contributed by atoms with Crippen molar-refractivity contribution >= 4 is 34.1 Å². The molecule has 3 aromatic heterocycles. The molecule has 38 heavy (non-hydrogen) atoms. The summed E-state index contributed by atoms with van der Waals surface area (Å²) in [5.74, 6) is -0.256. The van der Waals surface area contributed by atoms with Crippen LogP contribution in [0.4, 0.5) is 21.7 Å². The Morgan fingerprint density at radius 2 is 1.95 bits per heavy atom. The van der Waals surface area contributed by atoms with Gasteiger partial charge in [-0.15, -0.1) is 0 Å². The number of H-pyrrole nitrogens is 1. The molecule has 1 aliphatic heterocycles. The van der Waals surface area contributed by atoms with Crippen LogP contribution in [0.15, 0.2) is 42.9 Å². The minimum absolute atomic E-state index is 0.0380. The van der Waals surface area contributed by atoms with Crippen molar-refractivity contribution in [3.63, 3.8) is 0 Å². The van der Waals surface area contributed by atoms with E-state index in [2.05, 4.69) is 42.1 Å². The van der Waals surface area contributed by atoms with E-state index in [9.17, 15) is 4.79 Å². The molecule has 1 aliphatic rings. The number of nitrogens with zero attached hydrogens (tertiary/aromatic N) is 6. The van der Waals surface area contributed by atoms with E-state index in [1.54, 1.807) is 25.4 Å². The molecular weight excluding hydrogens is 487 g/mol. The van der Waals surface area contributed by atoms with E-state index < -0.39 is 5.82 Å². The summed E-state index contributed by atoms with van der Waals surface area (Å²) in [4.78, 5) is 35.6. The van der Waals surface area contributed by atoms with Crippen molar-refractivity contribution in [1.82, 2.24) is 29.7 Å². The number of anilines is 3. The standard InChI is InChI=1S/C27H31FN8O2/c1-5-35(4)27(37)23-25(33-22-9-6-18(15-29-22)36-12-10-34(3)11-13-36)30-16-31-26(23)38-21-8-7-20-19(24(21)28)14-17(2)32-20/h6-9,14-16,32H,5,10-13H2,1-4H3,(H,29,30,31,33). The molecule has 0 aliphatic carbocycles. The van der Waals surface area contributed by atoms with Gasteiger partial charge in [0.05, 0.1) is 11.9 Å². The van der Waals surface area contributed by atoms with E-state index in [0.717, 1.165) is 37.6 Å². The first kappa shape index (κ1) is 25.4. The molecule has 5 rings (SSSR count). The zero-order chi connectivity index (χ0) is 26.8. The van der Waals surface area contributed by atoms with Crippen molar-refractivity contribution in [3.8, 4) is 11.6 Å². The van der Waals surface area contributed by atoms with E-state index in [-0.39, 0.29) is 28.9 Å². The van der Waals surface area contributed by atoms with Crippen LogP contribution < -0.4 is 15.0 Å². The van der Waals surface area contributed by atoms with Crippen molar-refractivity contribution in [2.45, 2.75) is 13.8 Å². The first-order valence-corrected chi connectivity index (χ1v) is 12.6. The van der Waals surface area contributed by atoms with Crippen molar-refractivity contribution in [1.29, 1.82) is 0 Å². The summed E-state index contributed by atoms with van der Waals surface area (Å²) in [6.07, 6.45) is 3.07. The average Bonchev–Trinajstić information content (AvgIpc) is 3.32. The van der Waals surface area contributed by atoms with Gasteiger partial charge in [-0.3, -0.25) is 4.79 Å². The number of carbonyl (C=O) groups excluding carboxylic acids is 1. The molecule has 1 amide bonds. The van der Waals surface area contributed by atoms with Crippen LogP contribution in [0.1, 0.15) is 23.0 Å². The number of carbonyl (C=O) groups is 1. The second kappa shape index (κ2) is 10.6. The van der Waals surface area contributed by atoms with E-state index in [4.69, 9.17) is 4.74 Å². The topological polar surface area (TPSA) is 103 Å². The van der Waals surface area contributed by atoms with Gasteiger partial charge in [0.2, 0.25) is 5.88 Å². The lowest BCUT2D eigenvalue weighted by molar-refractivity contribution is 0.0799. The maximum atomic E-state index is 15.3. The molecule has 0 saturated carbocycles. The van der Waals surface area contributed by atoms with Crippen LogP contribution in [-0.4, -0.2) is 82.5 Å². The smallest absolute Gasteiger partial charge is 0.262 e. The lowest BCUT2D eigenvalue weighted by atomic mass is 10.2. The number of halogens is 1. The van der Waals surface area contributed by atoms with Gasteiger partial charge in [0.1, 0.15) is 17.7 Å². The maximum Gasteiger partial charge on any atom is 0.262 e. The third-order valence-corrected chi connectivity index (χ3v) is 6.75. The summed E-state index contributed by atoms with van der Waals surface area (Å²) < 4.78 is 21.2. The molecule has 1 saturated heterocycles. The highest BCUT2D eigenvalue weighted by Crippen LogP contribution is 2.34. The Hall–Kier alpha value is -4.25. The minimum atomic E-state index is -0.539. The lowest BCUT2D eigenvalue weighted by Gasteiger charge is -2.33. The first-order valence-electron chi connectivity index (χ1n) is 12.6. The third kappa shape index (κ3) is 5.10. The van der Waals surface area contributed by atoms with Gasteiger partial charge in [-0.2, -0.15) is 0 Å². The van der Waals surface area contributed by atoms with Crippen molar-refractivity contribution in [2.24, 2.45) is 0 Å². The molecule has 0 spiro atoms. The van der Waals surface area contributed by atoms with Crippen LogP contribution in [-0.2, 0) is 0 Å². The summed E-state index contributed by atoms with van der Waals surface area (Å²) in [6, 6.07) is 8.78. The summed E-state index contributed by atoms with van der Waals surface area (Å²) in [6.45, 7) is 8.03. The molecule has 11 heteroatoms. The zero-order valence-corrected chi connectivity index (χ0v) is 22.0. The quantitative estimate of drug-likeness (QED) is 0.376. The molecule has 0 bridgehead atoms. The number of fused-ring (bicyclic) bond motifs is 1. The predicted octanol–water partition coefficient (Wildman–Crippen LogP) is 4.18. The molecule has 10 nitrogen and oxygen atoms in total. The van der Waals surface area contributed by atoms with Crippen molar-refractivity contribution < 1.29 is 13.9 Å². The zero-order valence-electron chi connectivity index (χ0n) is 22.0. The number of piperazine rings is 1. The van der Waals surface area contributed by atoms with Crippen LogP contribution >= 0.6 is 0 Å². The fraction of sp³-hybridized carbons (Fsp3) is 0.333. The monoisotopic (exact) mass is 518 g/mol. The summed E-state index contributed by atoms with van der Waals surface area (Å²) in [5.41, 5.74) is 2.61. The van der Waals surface area contributed by atoms with E-state index >= 15 is 4.39 Å². The molecular formula is C27H31FN8O2. The Labute approximate surface area is 220 Å². The molecule has 4 aromatic rings. The summed E-state index contributed by atoms with van der Waals surface area (Å²) in [7, 11) is 3.78. The number of nitrogens with one attached hydrogen (secondary N) is 2. The SMILES string of the molecule is CCN(C)C(=O)c1c(Nc2ccc(N3CCN(C)CC3)cn2)ncnc1Oc1ccc2[nH]c(C)cc2c1F. The molecule has 1 fully saturated rings. The number of amides is 1. The minimum Gasteiger partial charge on any atom is -0.435 e. The van der Waals surface area contributed by atoms with Crippen LogP contribution in [0.2, 0.25) is 0 Å². The lowest BCUT2D eigenvalue weighted by Crippen LogP contribution is -2.44. The number of aromatic amines is 1. The van der Waals surface area contributed by atoms with Gasteiger partial charge in [-0.1, -0.05) is 0 Å². The second-order valence-corrected chi connectivity index (χ2v) is 9.43. The number of ether oxygens (including phenoxy) is 1. The Kier molecular flexibility index (Phi) is 7.10. The van der Waals surface area contributed by atoms with Gasteiger partial charge in [0.15, 0.2) is 17.4 Å². The summed E-state index contributed by atoms with van der Waals surface area (Å²) in [5, 5.41) is 3.53. The number of likely N-dealkylation sites (N-methyl/N-ethyl adjacent to an activating group) is 1. The normalized spacial score (nSPS) is 14.1. The highest BCUT2D eigenvalue weighted by molar-refractivity contribution is 6.01. The molecule has 2 N–H and O–H groups in total. The van der Waals surface area contributed by atoms with Crippen LogP contribution in [0, 0.1) is 12.7 Å². The Balaban J connectivity index is 1.45. The molecule has 0 radical (unpaired) electrons. The van der Waals surface area contributed by atoms with Gasteiger partial charge in [0, 0.05) is 56.4 Å². The van der Waals surface area contributed by atoms with Gasteiger partial charge < -0.3 is 29.7 Å². The number of hydrogen-bond donors (Lipinski definition) is 2. The number of aromatic nitrogens is 4. The Morgan fingerprint density at radius 3 is 2.66 bits per heavy atom. The Bertz CT molecular complexity index is 1450. The highest BCUT2D eigenvalue weighted by atomic mass is 19.1. The second-order valence-electron chi connectivity index (χ2n) is 9.43. The first-order chi connectivity index (χ1) is 18.3. The highest BCUT2D eigenvalue weighted by Gasteiger charge is 2.25. The van der Waals surface area contributed by atoms with E-state index in [1.165, 1.54) is 17.3 Å². The van der Waals surface area contributed by atoms with Crippen molar-refractivity contribution in [2.75, 3.05) is 57.0 Å². The van der Waals surface area contributed by atoms with Gasteiger partial charge >= 0.3 is 0 Å². The molecule has 1 aromatic carbocycles. The number of aryl methyl sites for hydroxylation is 1. The van der Waals surface area contributed by atoms with Crippen molar-refractivity contribution in [3.05, 3.63) is 59.9 Å². The molecule has 0 atom stereocenters. The largest absolute Gasteiger partial charge is 0.435 e. The fourth-order valence-electron chi connectivity index (χ4n) is 4.37. The number of benzene rings is 1. The number of hydrogen-bond acceptors (Lipinski definition) is 8. The Morgan fingerprint density at radius 1 is 1.16 bits per heavy atom. The average molecular weight is 519 g/mol. The molecule has 0 unspecified atom stereocenters. The van der Waals surface area contributed by atoms with Crippen LogP contribution in [0.3, 0.4) is 0 Å². The third-order valence-electron chi connectivity index (χ3n) is 6.75. The van der Waals surface area contributed by atoms with Crippen LogP contribution in [0.5, 0.6) is 11.6 Å². The van der Waals surface area contributed by atoms with E-state index in [0.29, 0.717) is 23.3 Å². The van der Waals surface area contributed by atoms with Gasteiger partial charge in [-0.25, -0.2) is 19.3 Å². The van der Waals surface area contributed by atoms with Gasteiger partial charge in [0.25, 0.3) is 5.91 Å². The molecule has 198 valence electrons. The number of rotatable bonds is 7. The number of pyridine rings is 1. The van der Waals surface area contributed by atoms with Gasteiger partial charge in [-0.05, 0) is 51.2 Å².